The Kier molecular flexibility index (Phi) is 8.54. The van der Waals surface area contributed by atoms with E-state index in [0.29, 0.717) is 33.0 Å². The molecule has 5 nitrogen and oxygen atoms in total. The minimum absolute atomic E-state index is 0.0939. The van der Waals surface area contributed by atoms with Crippen molar-refractivity contribution in [1.29, 1.82) is 0 Å². The number of hydrogen-bond acceptors (Lipinski definition) is 5. The second-order valence-electron chi connectivity index (χ2n) is 9.74. The lowest BCUT2D eigenvalue weighted by Gasteiger charge is -2.18. The number of nitrogens with zero attached hydrogens (tertiary/aromatic N) is 1. The molecular weight excluding hydrogens is 585 g/mol. The van der Waals surface area contributed by atoms with Gasteiger partial charge in [0, 0.05) is 16.6 Å². The number of halogens is 4. The first-order valence-electron chi connectivity index (χ1n) is 13.1. The highest BCUT2D eigenvalue weighted by molar-refractivity contribution is 7.92. The number of pyridine rings is 1. The van der Waals surface area contributed by atoms with E-state index in [4.69, 9.17) is 22.1 Å². The van der Waals surface area contributed by atoms with E-state index in [-0.39, 0.29) is 29.8 Å². The largest absolute Gasteiger partial charge is 0.457 e. The fraction of sp³-hybridized carbons (Fsp3) is 0.156. The monoisotopic (exact) mass is 610 g/mol. The van der Waals surface area contributed by atoms with Crippen molar-refractivity contribution >= 4 is 32.3 Å². The van der Waals surface area contributed by atoms with Gasteiger partial charge in [0.05, 0.1) is 21.2 Å². The summed E-state index contributed by atoms with van der Waals surface area (Å²) in [6.45, 7) is 0.196. The number of sulfone groups is 1. The maximum absolute atomic E-state index is 13.6. The van der Waals surface area contributed by atoms with Gasteiger partial charge in [-0.25, -0.2) is 8.42 Å². The van der Waals surface area contributed by atoms with Gasteiger partial charge in [-0.05, 0) is 90.7 Å². The zero-order valence-corrected chi connectivity index (χ0v) is 23.8. The Bertz CT molecular complexity index is 1850. The summed E-state index contributed by atoms with van der Waals surface area (Å²) in [7, 11) is -3.78. The number of alkyl halides is 3. The number of benzene rings is 4. The maximum atomic E-state index is 13.6. The van der Waals surface area contributed by atoms with Gasteiger partial charge in [-0.2, -0.15) is 13.2 Å². The molecule has 1 aromatic heterocycles. The van der Waals surface area contributed by atoms with Crippen LogP contribution in [0.15, 0.2) is 108 Å². The van der Waals surface area contributed by atoms with Gasteiger partial charge >= 0.3 is 6.18 Å². The number of rotatable bonds is 9. The molecule has 2 N–H and O–H groups in total. The minimum Gasteiger partial charge on any atom is -0.457 e. The molecule has 216 valence electrons. The quantitative estimate of drug-likeness (QED) is 0.182. The molecule has 0 spiro atoms. The lowest BCUT2D eigenvalue weighted by molar-refractivity contribution is -0.136. The molecule has 5 rings (SSSR count). The van der Waals surface area contributed by atoms with Crippen molar-refractivity contribution in [3.8, 4) is 22.6 Å². The molecule has 0 radical (unpaired) electrons. The molecule has 0 saturated carbocycles. The lowest BCUT2D eigenvalue weighted by atomic mass is 9.99. The first-order chi connectivity index (χ1) is 20.1. The van der Waals surface area contributed by atoms with Crippen LogP contribution in [-0.2, 0) is 22.4 Å². The molecule has 0 fully saturated rings. The Balaban J connectivity index is 1.44. The minimum atomic E-state index is -4.54. The molecule has 0 aliphatic rings. The first kappa shape index (κ1) is 29.6. The summed E-state index contributed by atoms with van der Waals surface area (Å²) in [5.41, 5.74) is 6.78. The van der Waals surface area contributed by atoms with Crippen molar-refractivity contribution in [2.24, 2.45) is 5.73 Å². The van der Waals surface area contributed by atoms with Gasteiger partial charge in [0.25, 0.3) is 0 Å². The van der Waals surface area contributed by atoms with Crippen LogP contribution in [0.5, 0.6) is 11.5 Å². The zero-order chi connectivity index (χ0) is 29.9. The Morgan fingerprint density at radius 3 is 2.33 bits per heavy atom. The van der Waals surface area contributed by atoms with Gasteiger partial charge in [-0.3, -0.25) is 4.98 Å². The van der Waals surface area contributed by atoms with E-state index in [0.717, 1.165) is 11.6 Å². The molecule has 4 aromatic carbocycles. The Hall–Kier alpha value is -3.92. The number of fused-ring (bicyclic) bond motifs is 1. The van der Waals surface area contributed by atoms with Crippen molar-refractivity contribution in [3.63, 3.8) is 0 Å². The van der Waals surface area contributed by atoms with Crippen LogP contribution in [0.1, 0.15) is 17.5 Å². The third-order valence-corrected chi connectivity index (χ3v) is 9.30. The third kappa shape index (κ3) is 6.43. The smallest absolute Gasteiger partial charge is 0.418 e. The van der Waals surface area contributed by atoms with Crippen LogP contribution in [0.4, 0.5) is 13.2 Å². The van der Waals surface area contributed by atoms with Crippen LogP contribution in [0.25, 0.3) is 22.0 Å². The molecule has 0 amide bonds. The van der Waals surface area contributed by atoms with E-state index in [9.17, 15) is 21.6 Å². The summed E-state index contributed by atoms with van der Waals surface area (Å²) in [5, 5.41) is 0.110. The highest BCUT2D eigenvalue weighted by Crippen LogP contribution is 2.38. The van der Waals surface area contributed by atoms with E-state index < -0.39 is 26.8 Å². The zero-order valence-electron chi connectivity index (χ0n) is 22.2. The highest BCUT2D eigenvalue weighted by atomic mass is 35.5. The van der Waals surface area contributed by atoms with Crippen molar-refractivity contribution in [3.05, 3.63) is 119 Å². The second-order valence-corrected chi connectivity index (χ2v) is 12.4. The van der Waals surface area contributed by atoms with Gasteiger partial charge in [0.1, 0.15) is 11.5 Å². The van der Waals surface area contributed by atoms with Crippen molar-refractivity contribution in [2.75, 3.05) is 6.54 Å². The predicted molar refractivity (Wildman–Crippen MR) is 158 cm³/mol. The Morgan fingerprint density at radius 2 is 1.60 bits per heavy atom. The summed E-state index contributed by atoms with van der Waals surface area (Å²) in [5.74, 6) is 0.679. The number of nitrogens with two attached hydrogens (primary N) is 1. The Labute approximate surface area is 246 Å². The molecular formula is C32H26ClF3N2O3S. The average molecular weight is 611 g/mol. The van der Waals surface area contributed by atoms with Gasteiger partial charge in [-0.1, -0.05) is 54.1 Å². The maximum Gasteiger partial charge on any atom is 0.418 e. The van der Waals surface area contributed by atoms with Gasteiger partial charge in [0.2, 0.25) is 0 Å². The molecule has 1 atom stereocenters. The normalized spacial score (nSPS) is 12.8. The number of hydrogen-bond donors (Lipinski definition) is 1. The SMILES string of the molecule is NCCC(Cc1cccc(Cl)c1)S(=O)(=O)c1cccc(Oc2cccc(-c3ccnc4c(C(F)(F)F)cccc34)c2)c1. The Morgan fingerprint density at radius 1 is 0.881 bits per heavy atom. The van der Waals surface area contributed by atoms with Crippen LogP contribution in [0.2, 0.25) is 5.02 Å². The second kappa shape index (κ2) is 12.1. The third-order valence-electron chi connectivity index (χ3n) is 6.87. The summed E-state index contributed by atoms with van der Waals surface area (Å²) in [4.78, 5) is 4.09. The van der Waals surface area contributed by atoms with Crippen LogP contribution in [-0.4, -0.2) is 25.2 Å². The van der Waals surface area contributed by atoms with Crippen LogP contribution < -0.4 is 10.5 Å². The van der Waals surface area contributed by atoms with E-state index in [1.165, 1.54) is 24.4 Å². The summed E-state index contributed by atoms with van der Waals surface area (Å²) >= 11 is 6.10. The van der Waals surface area contributed by atoms with E-state index in [1.807, 2.05) is 6.07 Å². The van der Waals surface area contributed by atoms with Crippen molar-refractivity contribution in [2.45, 2.75) is 29.2 Å². The fourth-order valence-corrected chi connectivity index (χ4v) is 6.91. The van der Waals surface area contributed by atoms with Crippen molar-refractivity contribution in [1.82, 2.24) is 4.98 Å². The number of para-hydroxylation sites is 1. The molecule has 0 aliphatic heterocycles. The first-order valence-corrected chi connectivity index (χ1v) is 15.0. The highest BCUT2D eigenvalue weighted by Gasteiger charge is 2.33. The predicted octanol–water partition coefficient (Wildman–Crippen LogP) is 8.10. The topological polar surface area (TPSA) is 82.3 Å². The van der Waals surface area contributed by atoms with E-state index >= 15 is 0 Å². The summed E-state index contributed by atoms with van der Waals surface area (Å²) < 4.78 is 74.1. The van der Waals surface area contributed by atoms with Crippen LogP contribution in [0, 0.1) is 0 Å². The van der Waals surface area contributed by atoms with Crippen molar-refractivity contribution < 1.29 is 26.3 Å². The molecule has 0 bridgehead atoms. The van der Waals surface area contributed by atoms with E-state index in [2.05, 4.69) is 4.98 Å². The molecule has 1 unspecified atom stereocenters. The van der Waals surface area contributed by atoms with Crippen LogP contribution >= 0.6 is 11.6 Å². The van der Waals surface area contributed by atoms with Gasteiger partial charge in [0.15, 0.2) is 9.84 Å². The fourth-order valence-electron chi connectivity index (χ4n) is 4.91. The molecule has 10 heteroatoms. The average Bonchev–Trinajstić information content (AvgIpc) is 2.96. The number of ether oxygens (including phenoxy) is 1. The summed E-state index contributed by atoms with van der Waals surface area (Å²) in [6, 6.07) is 25.7. The summed E-state index contributed by atoms with van der Waals surface area (Å²) in [6.07, 6.45) is -2.68. The lowest BCUT2D eigenvalue weighted by Crippen LogP contribution is -2.27. The molecule has 5 aromatic rings. The van der Waals surface area contributed by atoms with Gasteiger partial charge in [-0.15, -0.1) is 0 Å². The molecule has 0 saturated heterocycles. The van der Waals surface area contributed by atoms with Crippen LogP contribution in [0.3, 0.4) is 0 Å². The molecule has 1 heterocycles. The molecule has 0 aliphatic carbocycles. The molecule has 42 heavy (non-hydrogen) atoms. The standard InChI is InChI=1S/C32H26ClF3N2O3S/c33-23-7-1-5-21(17-23)18-27(13-15-37)42(39,40)26-10-3-9-25(20-26)41-24-8-2-6-22(19-24)28-14-16-38-31-29(28)11-4-12-30(31)32(34,35)36/h1-12,14,16-17,19-20,27H,13,15,18,37H2. The van der Waals surface area contributed by atoms with E-state index in [1.54, 1.807) is 66.7 Å². The van der Waals surface area contributed by atoms with Gasteiger partial charge < -0.3 is 10.5 Å². The number of aromatic nitrogens is 1.